The molecule has 2 aromatic carbocycles. The van der Waals surface area contributed by atoms with Gasteiger partial charge in [0.1, 0.15) is 11.5 Å². The average molecular weight is 374 g/mol. The normalized spacial score (nSPS) is 18.8. The van der Waals surface area contributed by atoms with Gasteiger partial charge in [-0.3, -0.25) is 4.79 Å². The summed E-state index contributed by atoms with van der Waals surface area (Å²) in [5.74, 6) is 1.07. The number of carbonyl (C=O) groups is 1. The molecule has 4 rings (SSSR count). The quantitative estimate of drug-likeness (QED) is 0.847. The van der Waals surface area contributed by atoms with E-state index in [0.29, 0.717) is 18.0 Å². The van der Waals surface area contributed by atoms with E-state index in [1.165, 1.54) is 12.1 Å². The first-order valence-corrected chi connectivity index (χ1v) is 9.77. The molecular weight excluding hydrogens is 356 g/mol. The van der Waals surface area contributed by atoms with E-state index < -0.39 is 10.0 Å². The number of hydrogen-bond acceptors (Lipinski definition) is 5. The van der Waals surface area contributed by atoms with Crippen molar-refractivity contribution >= 4 is 21.6 Å². The molecule has 0 radical (unpaired) electrons. The second-order valence-corrected chi connectivity index (χ2v) is 8.10. The van der Waals surface area contributed by atoms with E-state index in [4.69, 9.17) is 9.47 Å². The van der Waals surface area contributed by atoms with Crippen LogP contribution in [0, 0.1) is 5.92 Å². The third-order valence-corrected chi connectivity index (χ3v) is 5.83. The summed E-state index contributed by atoms with van der Waals surface area (Å²) in [6.45, 7) is 0.671. The number of benzene rings is 2. The molecule has 2 aromatic rings. The Morgan fingerprint density at radius 3 is 2.85 bits per heavy atom. The Hall–Kier alpha value is -2.58. The number of rotatable bonds is 4. The molecule has 0 saturated heterocycles. The molecule has 0 unspecified atom stereocenters. The Morgan fingerprint density at radius 2 is 1.96 bits per heavy atom. The van der Waals surface area contributed by atoms with Crippen LogP contribution in [0.3, 0.4) is 0 Å². The molecule has 2 aliphatic heterocycles. The summed E-state index contributed by atoms with van der Waals surface area (Å²) in [6, 6.07) is 12.2. The maximum atomic E-state index is 12.6. The summed E-state index contributed by atoms with van der Waals surface area (Å²) in [5, 5.41) is 2.61. The molecule has 0 aliphatic carbocycles. The number of para-hydroxylation sites is 1. The molecule has 0 saturated carbocycles. The van der Waals surface area contributed by atoms with Crippen LogP contribution in [0.2, 0.25) is 0 Å². The van der Waals surface area contributed by atoms with Gasteiger partial charge in [0, 0.05) is 12.5 Å². The summed E-state index contributed by atoms with van der Waals surface area (Å²) >= 11 is 0. The highest BCUT2D eigenvalue weighted by atomic mass is 32.2. The van der Waals surface area contributed by atoms with Gasteiger partial charge in [0.15, 0.2) is 6.61 Å². The highest BCUT2D eigenvalue weighted by Gasteiger charge is 2.24. The van der Waals surface area contributed by atoms with Crippen molar-refractivity contribution in [3.8, 4) is 11.5 Å². The molecule has 136 valence electrons. The van der Waals surface area contributed by atoms with Crippen LogP contribution in [0.5, 0.6) is 11.5 Å². The van der Waals surface area contributed by atoms with Crippen LogP contribution in [0.25, 0.3) is 0 Å². The minimum atomic E-state index is -3.70. The molecule has 1 atom stereocenters. The van der Waals surface area contributed by atoms with Crippen molar-refractivity contribution in [1.29, 1.82) is 0 Å². The number of carbonyl (C=O) groups excluding carboxylic acids is 1. The van der Waals surface area contributed by atoms with E-state index in [1.807, 2.05) is 24.3 Å². The monoisotopic (exact) mass is 374 g/mol. The Balaban J connectivity index is 1.45. The molecule has 0 bridgehead atoms. The third kappa shape index (κ3) is 3.38. The van der Waals surface area contributed by atoms with Crippen LogP contribution < -0.4 is 19.5 Å². The summed E-state index contributed by atoms with van der Waals surface area (Å²) < 4.78 is 38.7. The molecular formula is C18H18N2O5S. The first-order valence-electron chi connectivity index (χ1n) is 8.28. The molecule has 2 heterocycles. The van der Waals surface area contributed by atoms with Crippen molar-refractivity contribution in [2.24, 2.45) is 5.92 Å². The van der Waals surface area contributed by atoms with Gasteiger partial charge in [-0.1, -0.05) is 18.2 Å². The molecule has 26 heavy (non-hydrogen) atoms. The van der Waals surface area contributed by atoms with E-state index in [0.717, 1.165) is 17.7 Å². The second kappa shape index (κ2) is 6.62. The van der Waals surface area contributed by atoms with E-state index in [1.54, 1.807) is 6.07 Å². The molecule has 2 N–H and O–H groups in total. The number of hydrogen-bond donors (Lipinski definition) is 2. The topological polar surface area (TPSA) is 93.7 Å². The van der Waals surface area contributed by atoms with Crippen molar-refractivity contribution < 1.29 is 22.7 Å². The Morgan fingerprint density at radius 1 is 1.12 bits per heavy atom. The summed E-state index contributed by atoms with van der Waals surface area (Å²) in [4.78, 5) is 11.5. The maximum Gasteiger partial charge on any atom is 0.262 e. The Labute approximate surface area is 151 Å². The lowest BCUT2D eigenvalue weighted by Crippen LogP contribution is -2.35. The van der Waals surface area contributed by atoms with Crippen molar-refractivity contribution in [3.05, 3.63) is 48.0 Å². The van der Waals surface area contributed by atoms with Crippen molar-refractivity contribution in [2.75, 3.05) is 25.1 Å². The molecule has 0 fully saturated rings. The lowest BCUT2D eigenvalue weighted by molar-refractivity contribution is -0.118. The number of anilines is 1. The van der Waals surface area contributed by atoms with Gasteiger partial charge in [-0.2, -0.15) is 0 Å². The van der Waals surface area contributed by atoms with Crippen molar-refractivity contribution in [3.63, 3.8) is 0 Å². The zero-order chi connectivity index (χ0) is 18.1. The number of ether oxygens (including phenoxy) is 2. The molecule has 8 heteroatoms. The average Bonchev–Trinajstić information content (AvgIpc) is 2.65. The fourth-order valence-corrected chi connectivity index (χ4v) is 4.20. The highest BCUT2D eigenvalue weighted by molar-refractivity contribution is 7.89. The number of amides is 1. The van der Waals surface area contributed by atoms with Crippen LogP contribution in [0.1, 0.15) is 5.56 Å². The van der Waals surface area contributed by atoms with Crippen LogP contribution in [-0.2, 0) is 21.2 Å². The van der Waals surface area contributed by atoms with Crippen LogP contribution in [0.15, 0.2) is 47.4 Å². The van der Waals surface area contributed by atoms with Gasteiger partial charge < -0.3 is 14.8 Å². The zero-order valence-electron chi connectivity index (χ0n) is 13.9. The van der Waals surface area contributed by atoms with Gasteiger partial charge in [-0.15, -0.1) is 0 Å². The lowest BCUT2D eigenvalue weighted by atomic mass is 9.97. The van der Waals surface area contributed by atoms with Gasteiger partial charge in [-0.25, -0.2) is 13.1 Å². The fraction of sp³-hybridized carbons (Fsp3) is 0.278. The van der Waals surface area contributed by atoms with Crippen molar-refractivity contribution in [2.45, 2.75) is 11.3 Å². The molecule has 2 aliphatic rings. The molecule has 0 aromatic heterocycles. The van der Waals surface area contributed by atoms with Gasteiger partial charge in [0.2, 0.25) is 10.0 Å². The Kier molecular flexibility index (Phi) is 4.29. The fourth-order valence-electron chi connectivity index (χ4n) is 3.06. The predicted molar refractivity (Wildman–Crippen MR) is 94.9 cm³/mol. The molecule has 0 spiro atoms. The SMILES string of the molecule is O=C1COc2ccc(S(=O)(=O)NC[C@H]3COc4ccccc4C3)cc2N1. The van der Waals surface area contributed by atoms with E-state index >= 15 is 0 Å². The lowest BCUT2D eigenvalue weighted by Gasteiger charge is -2.25. The summed E-state index contributed by atoms with van der Waals surface area (Å²) in [7, 11) is -3.70. The maximum absolute atomic E-state index is 12.6. The first-order chi connectivity index (χ1) is 12.5. The highest BCUT2D eigenvalue weighted by Crippen LogP contribution is 2.30. The largest absolute Gasteiger partial charge is 0.493 e. The van der Waals surface area contributed by atoms with E-state index in [2.05, 4.69) is 10.0 Å². The van der Waals surface area contributed by atoms with Gasteiger partial charge in [-0.05, 0) is 36.2 Å². The standard InChI is InChI=1S/C18H18N2O5S/c21-18-11-25-17-6-5-14(8-15(17)20-18)26(22,23)19-9-12-7-13-3-1-2-4-16(13)24-10-12/h1-6,8,12,19H,7,9-11H2,(H,20,21)/t12-/m0/s1. The van der Waals surface area contributed by atoms with Crippen LogP contribution in [-0.4, -0.2) is 34.1 Å². The summed E-state index contributed by atoms with van der Waals surface area (Å²) in [6.07, 6.45) is 0.757. The van der Waals surface area contributed by atoms with Gasteiger partial charge in [0.25, 0.3) is 5.91 Å². The first kappa shape index (κ1) is 16.9. The predicted octanol–water partition coefficient (Wildman–Crippen LogP) is 1.55. The second-order valence-electron chi connectivity index (χ2n) is 6.34. The molecule has 7 nitrogen and oxygen atoms in total. The van der Waals surface area contributed by atoms with Crippen LogP contribution >= 0.6 is 0 Å². The minimum absolute atomic E-state index is 0.0559. The summed E-state index contributed by atoms with van der Waals surface area (Å²) in [5.41, 5.74) is 1.44. The minimum Gasteiger partial charge on any atom is -0.493 e. The van der Waals surface area contributed by atoms with E-state index in [-0.39, 0.29) is 29.9 Å². The van der Waals surface area contributed by atoms with E-state index in [9.17, 15) is 13.2 Å². The third-order valence-electron chi connectivity index (χ3n) is 4.41. The van der Waals surface area contributed by atoms with Crippen molar-refractivity contribution in [1.82, 2.24) is 4.72 Å². The zero-order valence-corrected chi connectivity index (χ0v) is 14.7. The number of fused-ring (bicyclic) bond motifs is 2. The van der Waals surface area contributed by atoms with Crippen LogP contribution in [0.4, 0.5) is 5.69 Å². The van der Waals surface area contributed by atoms with Gasteiger partial charge >= 0.3 is 0 Å². The smallest absolute Gasteiger partial charge is 0.262 e. The number of nitrogens with one attached hydrogen (secondary N) is 2. The Bertz CT molecular complexity index is 958. The van der Waals surface area contributed by atoms with Gasteiger partial charge in [0.05, 0.1) is 17.2 Å². The number of sulfonamides is 1. The molecule has 1 amide bonds.